The van der Waals surface area contributed by atoms with Crippen LogP contribution in [0.25, 0.3) is 0 Å². The summed E-state index contributed by atoms with van der Waals surface area (Å²) in [7, 11) is 0. The minimum atomic E-state index is -0.914. The van der Waals surface area contributed by atoms with Crippen molar-refractivity contribution in [2.75, 3.05) is 6.54 Å². The Bertz CT molecular complexity index is 523. The molecule has 1 heterocycles. The van der Waals surface area contributed by atoms with Gasteiger partial charge in [0.2, 0.25) is 0 Å². The molecule has 110 valence electrons. The van der Waals surface area contributed by atoms with E-state index < -0.39 is 5.97 Å². The van der Waals surface area contributed by atoms with E-state index in [4.69, 9.17) is 5.11 Å². The molecular weight excluding hydrogens is 326 g/mol. The van der Waals surface area contributed by atoms with Crippen LogP contribution in [-0.2, 0) is 4.79 Å². The SMILES string of the molecule is CC(C)N(CCC(=O)O)C(=O)c1n[nH]c(C2CC2)c1Br. The predicted octanol–water partition coefficient (Wildman–Crippen LogP) is 2.37. The third-order valence-electron chi connectivity index (χ3n) is 3.37. The largest absolute Gasteiger partial charge is 0.481 e. The molecule has 1 aliphatic rings. The number of carboxylic acid groups (broad SMARTS) is 1. The predicted molar refractivity (Wildman–Crippen MR) is 76.7 cm³/mol. The third-order valence-corrected chi connectivity index (χ3v) is 4.17. The van der Waals surface area contributed by atoms with Crippen LogP contribution in [-0.4, -0.2) is 44.7 Å². The summed E-state index contributed by atoms with van der Waals surface area (Å²) in [6.07, 6.45) is 2.16. The van der Waals surface area contributed by atoms with E-state index in [-0.39, 0.29) is 24.9 Å². The van der Waals surface area contributed by atoms with Crippen molar-refractivity contribution < 1.29 is 14.7 Å². The van der Waals surface area contributed by atoms with Gasteiger partial charge in [-0.1, -0.05) is 0 Å². The molecule has 1 aromatic rings. The van der Waals surface area contributed by atoms with Crippen LogP contribution in [0.2, 0.25) is 0 Å². The molecule has 0 atom stereocenters. The highest BCUT2D eigenvalue weighted by Crippen LogP contribution is 2.43. The molecule has 1 fully saturated rings. The van der Waals surface area contributed by atoms with E-state index in [1.165, 1.54) is 4.90 Å². The molecule has 0 saturated heterocycles. The van der Waals surface area contributed by atoms with Crippen molar-refractivity contribution in [1.29, 1.82) is 0 Å². The number of rotatable bonds is 6. The Morgan fingerprint density at radius 1 is 1.50 bits per heavy atom. The maximum atomic E-state index is 12.5. The quantitative estimate of drug-likeness (QED) is 0.830. The van der Waals surface area contributed by atoms with E-state index in [9.17, 15) is 9.59 Å². The highest BCUT2D eigenvalue weighted by Gasteiger charge is 2.32. The molecule has 0 aliphatic heterocycles. The van der Waals surface area contributed by atoms with Crippen molar-refractivity contribution in [1.82, 2.24) is 15.1 Å². The lowest BCUT2D eigenvalue weighted by Crippen LogP contribution is -2.38. The number of aromatic nitrogens is 2. The number of halogens is 1. The maximum Gasteiger partial charge on any atom is 0.305 e. The van der Waals surface area contributed by atoms with E-state index in [0.29, 0.717) is 16.1 Å². The van der Waals surface area contributed by atoms with Crippen LogP contribution < -0.4 is 0 Å². The summed E-state index contributed by atoms with van der Waals surface area (Å²) in [6.45, 7) is 3.91. The second kappa shape index (κ2) is 5.95. The highest BCUT2D eigenvalue weighted by atomic mass is 79.9. The van der Waals surface area contributed by atoms with Crippen molar-refractivity contribution in [2.24, 2.45) is 0 Å². The number of aliphatic carboxylic acids is 1. The molecule has 0 bridgehead atoms. The van der Waals surface area contributed by atoms with Gasteiger partial charge in [-0.2, -0.15) is 5.10 Å². The average molecular weight is 344 g/mol. The van der Waals surface area contributed by atoms with Gasteiger partial charge in [-0.15, -0.1) is 0 Å². The zero-order valence-electron chi connectivity index (χ0n) is 11.5. The number of amides is 1. The summed E-state index contributed by atoms with van der Waals surface area (Å²) >= 11 is 3.43. The summed E-state index contributed by atoms with van der Waals surface area (Å²) in [5.41, 5.74) is 1.31. The Morgan fingerprint density at radius 2 is 2.15 bits per heavy atom. The fourth-order valence-corrected chi connectivity index (χ4v) is 2.74. The van der Waals surface area contributed by atoms with E-state index in [1.807, 2.05) is 13.8 Å². The van der Waals surface area contributed by atoms with Gasteiger partial charge in [0.25, 0.3) is 5.91 Å². The minimum Gasteiger partial charge on any atom is -0.481 e. The van der Waals surface area contributed by atoms with Gasteiger partial charge in [0, 0.05) is 18.5 Å². The summed E-state index contributed by atoms with van der Waals surface area (Å²) in [5.74, 6) is -0.690. The highest BCUT2D eigenvalue weighted by molar-refractivity contribution is 9.10. The van der Waals surface area contributed by atoms with Gasteiger partial charge < -0.3 is 10.0 Å². The van der Waals surface area contributed by atoms with Crippen LogP contribution in [0.15, 0.2) is 4.47 Å². The number of nitrogens with zero attached hydrogens (tertiary/aromatic N) is 2. The molecule has 2 N–H and O–H groups in total. The topological polar surface area (TPSA) is 86.3 Å². The maximum absolute atomic E-state index is 12.5. The monoisotopic (exact) mass is 343 g/mol. The van der Waals surface area contributed by atoms with Gasteiger partial charge in [0.1, 0.15) is 0 Å². The lowest BCUT2D eigenvalue weighted by molar-refractivity contribution is -0.137. The molecule has 1 saturated carbocycles. The Kier molecular flexibility index (Phi) is 4.47. The Balaban J connectivity index is 2.16. The van der Waals surface area contributed by atoms with Crippen molar-refractivity contribution >= 4 is 27.8 Å². The van der Waals surface area contributed by atoms with Crippen molar-refractivity contribution in [3.63, 3.8) is 0 Å². The molecule has 7 heteroatoms. The molecule has 1 amide bonds. The molecule has 1 aromatic heterocycles. The number of H-pyrrole nitrogens is 1. The van der Waals surface area contributed by atoms with Gasteiger partial charge >= 0.3 is 5.97 Å². The molecule has 20 heavy (non-hydrogen) atoms. The van der Waals surface area contributed by atoms with Gasteiger partial charge in [-0.25, -0.2) is 0 Å². The van der Waals surface area contributed by atoms with E-state index in [2.05, 4.69) is 26.1 Å². The van der Waals surface area contributed by atoms with Gasteiger partial charge in [0.15, 0.2) is 5.69 Å². The number of carbonyl (C=O) groups is 2. The van der Waals surface area contributed by atoms with Gasteiger partial charge in [-0.3, -0.25) is 14.7 Å². The van der Waals surface area contributed by atoms with Crippen LogP contribution >= 0.6 is 15.9 Å². The summed E-state index contributed by atoms with van der Waals surface area (Å²) in [6, 6.07) is -0.0742. The number of carbonyl (C=O) groups excluding carboxylic acids is 1. The lowest BCUT2D eigenvalue weighted by atomic mass is 10.2. The Morgan fingerprint density at radius 3 is 2.65 bits per heavy atom. The molecular formula is C13H18BrN3O3. The Labute approximate surface area is 125 Å². The van der Waals surface area contributed by atoms with E-state index in [0.717, 1.165) is 18.5 Å². The second-order valence-electron chi connectivity index (χ2n) is 5.31. The van der Waals surface area contributed by atoms with E-state index in [1.54, 1.807) is 0 Å². The van der Waals surface area contributed by atoms with Gasteiger partial charge in [-0.05, 0) is 42.6 Å². The first-order valence-electron chi connectivity index (χ1n) is 6.68. The lowest BCUT2D eigenvalue weighted by Gasteiger charge is -2.25. The van der Waals surface area contributed by atoms with Crippen LogP contribution in [0.4, 0.5) is 0 Å². The van der Waals surface area contributed by atoms with Crippen molar-refractivity contribution in [2.45, 2.75) is 45.1 Å². The smallest absolute Gasteiger partial charge is 0.305 e. The summed E-state index contributed by atoms with van der Waals surface area (Å²) < 4.78 is 0.714. The average Bonchev–Trinajstić information content (AvgIpc) is 3.12. The fourth-order valence-electron chi connectivity index (χ4n) is 2.07. The van der Waals surface area contributed by atoms with Crippen molar-refractivity contribution in [3.05, 3.63) is 15.9 Å². The number of nitrogens with one attached hydrogen (secondary N) is 1. The first-order valence-corrected chi connectivity index (χ1v) is 7.47. The minimum absolute atomic E-state index is 0.0680. The van der Waals surface area contributed by atoms with Gasteiger partial charge in [0.05, 0.1) is 16.6 Å². The molecule has 1 aliphatic carbocycles. The number of carboxylic acids is 1. The number of hydrogen-bond acceptors (Lipinski definition) is 3. The first kappa shape index (κ1) is 15.0. The fraction of sp³-hybridized carbons (Fsp3) is 0.615. The molecule has 6 nitrogen and oxygen atoms in total. The van der Waals surface area contributed by atoms with Crippen LogP contribution in [0.1, 0.15) is 55.2 Å². The molecule has 0 aromatic carbocycles. The number of aromatic amines is 1. The number of hydrogen-bond donors (Lipinski definition) is 2. The standard InChI is InChI=1S/C13H18BrN3O3/c1-7(2)17(6-5-9(18)19)13(20)12-10(14)11(15-16-12)8-3-4-8/h7-8H,3-6H2,1-2H3,(H,15,16)(H,18,19). The molecule has 2 rings (SSSR count). The summed E-state index contributed by atoms with van der Waals surface area (Å²) in [5, 5.41) is 15.8. The third kappa shape index (κ3) is 3.20. The van der Waals surface area contributed by atoms with Crippen molar-refractivity contribution in [3.8, 4) is 0 Å². The van der Waals surface area contributed by atoms with Crippen LogP contribution in [0.3, 0.4) is 0 Å². The molecule has 0 unspecified atom stereocenters. The molecule has 0 radical (unpaired) electrons. The first-order chi connectivity index (χ1) is 9.41. The zero-order valence-corrected chi connectivity index (χ0v) is 13.1. The summed E-state index contributed by atoms with van der Waals surface area (Å²) in [4.78, 5) is 24.7. The Hall–Kier alpha value is -1.37. The zero-order chi connectivity index (χ0) is 14.9. The normalized spacial score (nSPS) is 14.6. The van der Waals surface area contributed by atoms with E-state index >= 15 is 0 Å². The molecule has 0 spiro atoms. The van der Waals surface area contributed by atoms with Crippen LogP contribution in [0.5, 0.6) is 0 Å². The second-order valence-corrected chi connectivity index (χ2v) is 6.10. The van der Waals surface area contributed by atoms with Crippen LogP contribution in [0, 0.1) is 0 Å².